The van der Waals surface area contributed by atoms with Crippen molar-refractivity contribution in [2.24, 2.45) is 0 Å². The van der Waals surface area contributed by atoms with E-state index in [4.69, 9.17) is 4.74 Å². The molecule has 5 nitrogen and oxygen atoms in total. The van der Waals surface area contributed by atoms with Gasteiger partial charge in [-0.15, -0.1) is 11.3 Å². The van der Waals surface area contributed by atoms with E-state index in [9.17, 15) is 9.90 Å². The van der Waals surface area contributed by atoms with Crippen molar-refractivity contribution < 1.29 is 14.6 Å². The number of carboxylic acid groups (broad SMARTS) is 1. The summed E-state index contributed by atoms with van der Waals surface area (Å²) in [6.45, 7) is 2.73. The second-order valence-corrected chi connectivity index (χ2v) is 7.86. The van der Waals surface area contributed by atoms with Crippen molar-refractivity contribution >= 4 is 23.4 Å². The van der Waals surface area contributed by atoms with Gasteiger partial charge in [0.2, 0.25) is 0 Å². The molecule has 2 aromatic heterocycles. The molecule has 29 heavy (non-hydrogen) atoms. The number of rotatable bonds is 10. The van der Waals surface area contributed by atoms with Crippen LogP contribution in [-0.2, 0) is 24.2 Å². The summed E-state index contributed by atoms with van der Waals surface area (Å²) in [5, 5.41) is 11.7. The Hall–Kier alpha value is -2.86. The van der Waals surface area contributed by atoms with E-state index in [1.807, 2.05) is 41.8 Å². The molecule has 6 heteroatoms. The smallest absolute Gasteiger partial charge is 0.332 e. The maximum absolute atomic E-state index is 11.9. The molecule has 2 heterocycles. The van der Waals surface area contributed by atoms with Gasteiger partial charge < -0.3 is 14.4 Å². The van der Waals surface area contributed by atoms with Gasteiger partial charge in [-0.2, -0.15) is 0 Å². The fraction of sp³-hybridized carbons (Fsp3) is 0.304. The Bertz CT molecular complexity index is 974. The zero-order chi connectivity index (χ0) is 20.6. The molecule has 0 aliphatic rings. The topological polar surface area (TPSA) is 64.3 Å². The number of aliphatic carboxylic acids is 1. The number of aryl methyl sites for hydroxylation is 1. The van der Waals surface area contributed by atoms with E-state index in [2.05, 4.69) is 16.5 Å². The number of thiophene rings is 1. The number of methoxy groups -OCH3 is 1. The van der Waals surface area contributed by atoms with E-state index < -0.39 is 5.97 Å². The molecule has 0 saturated carbocycles. The van der Waals surface area contributed by atoms with Crippen LogP contribution in [0.5, 0.6) is 5.75 Å². The number of imidazole rings is 1. The van der Waals surface area contributed by atoms with E-state index in [1.165, 1.54) is 0 Å². The van der Waals surface area contributed by atoms with E-state index in [0.717, 1.165) is 47.0 Å². The Balaban J connectivity index is 1.99. The maximum Gasteiger partial charge on any atom is 0.332 e. The van der Waals surface area contributed by atoms with Gasteiger partial charge in [-0.1, -0.05) is 37.6 Å². The quantitative estimate of drug-likeness (QED) is 0.475. The number of para-hydroxylation sites is 1. The molecular formula is C23H26N2O3S. The Labute approximate surface area is 175 Å². The van der Waals surface area contributed by atoms with Gasteiger partial charge in [-0.05, 0) is 30.0 Å². The minimum absolute atomic E-state index is 0.357. The predicted octanol–water partition coefficient (Wildman–Crippen LogP) is 5.05. The van der Waals surface area contributed by atoms with Gasteiger partial charge in [-0.25, -0.2) is 9.78 Å². The van der Waals surface area contributed by atoms with E-state index >= 15 is 0 Å². The molecule has 3 rings (SSSR count). The van der Waals surface area contributed by atoms with E-state index in [1.54, 1.807) is 30.7 Å². The van der Waals surface area contributed by atoms with Gasteiger partial charge in [0.25, 0.3) is 0 Å². The molecule has 1 aromatic carbocycles. The second kappa shape index (κ2) is 10.1. The summed E-state index contributed by atoms with van der Waals surface area (Å²) >= 11 is 1.56. The van der Waals surface area contributed by atoms with Crippen LogP contribution >= 0.6 is 11.3 Å². The van der Waals surface area contributed by atoms with Crippen LogP contribution in [0.25, 0.3) is 6.08 Å². The predicted molar refractivity (Wildman–Crippen MR) is 117 cm³/mol. The molecule has 152 valence electrons. The first-order chi connectivity index (χ1) is 14.1. The number of benzene rings is 1. The number of hydrogen-bond acceptors (Lipinski definition) is 4. The van der Waals surface area contributed by atoms with Gasteiger partial charge in [0.05, 0.1) is 25.5 Å². The fourth-order valence-electron chi connectivity index (χ4n) is 3.23. The zero-order valence-corrected chi connectivity index (χ0v) is 17.6. The van der Waals surface area contributed by atoms with Crippen LogP contribution in [0.4, 0.5) is 0 Å². The first kappa shape index (κ1) is 20.9. The Morgan fingerprint density at radius 3 is 2.79 bits per heavy atom. The minimum Gasteiger partial charge on any atom is -0.496 e. The third-order valence-electron chi connectivity index (χ3n) is 4.79. The molecule has 0 aliphatic heterocycles. The van der Waals surface area contributed by atoms with E-state index in [-0.39, 0.29) is 0 Å². The summed E-state index contributed by atoms with van der Waals surface area (Å²) in [5.41, 5.74) is 2.20. The lowest BCUT2D eigenvalue weighted by molar-refractivity contribution is -0.132. The summed E-state index contributed by atoms with van der Waals surface area (Å²) in [6.07, 6.45) is 6.89. The molecule has 0 fully saturated rings. The molecule has 0 bridgehead atoms. The highest BCUT2D eigenvalue weighted by Crippen LogP contribution is 2.23. The van der Waals surface area contributed by atoms with E-state index in [0.29, 0.717) is 18.5 Å². The molecule has 1 N–H and O–H groups in total. The number of nitrogens with zero attached hydrogens (tertiary/aromatic N) is 2. The van der Waals surface area contributed by atoms with Gasteiger partial charge in [0.1, 0.15) is 11.6 Å². The number of aromatic nitrogens is 2. The largest absolute Gasteiger partial charge is 0.496 e. The summed E-state index contributed by atoms with van der Waals surface area (Å²) < 4.78 is 7.60. The van der Waals surface area contributed by atoms with Crippen LogP contribution in [-0.4, -0.2) is 27.7 Å². The summed E-state index contributed by atoms with van der Waals surface area (Å²) in [5.74, 6) is 0.873. The Kier molecular flexibility index (Phi) is 7.25. The highest BCUT2D eigenvalue weighted by atomic mass is 32.1. The third-order valence-corrected chi connectivity index (χ3v) is 5.66. The SMILES string of the molecule is CCCCc1ncc(/C=C(\Cc2cccs2)C(=O)O)n1Cc1ccccc1OC. The van der Waals surface area contributed by atoms with Gasteiger partial charge in [0.15, 0.2) is 0 Å². The van der Waals surface area contributed by atoms with Crippen molar-refractivity contribution in [3.8, 4) is 5.75 Å². The molecule has 0 aliphatic carbocycles. The van der Waals surface area contributed by atoms with Gasteiger partial charge in [0, 0.05) is 28.9 Å². The lowest BCUT2D eigenvalue weighted by Crippen LogP contribution is -2.10. The number of carbonyl (C=O) groups is 1. The summed E-state index contributed by atoms with van der Waals surface area (Å²) in [7, 11) is 1.66. The Morgan fingerprint density at radius 2 is 2.10 bits per heavy atom. The van der Waals surface area contributed by atoms with Crippen molar-refractivity contribution in [3.63, 3.8) is 0 Å². The van der Waals surface area contributed by atoms with Crippen molar-refractivity contribution in [2.75, 3.05) is 7.11 Å². The van der Waals surface area contributed by atoms with Crippen LogP contribution in [0.15, 0.2) is 53.5 Å². The minimum atomic E-state index is -0.904. The highest BCUT2D eigenvalue weighted by Gasteiger charge is 2.15. The van der Waals surface area contributed by atoms with Gasteiger partial charge >= 0.3 is 5.97 Å². The van der Waals surface area contributed by atoms with Crippen molar-refractivity contribution in [2.45, 2.75) is 39.2 Å². The standard InChI is InChI=1S/C23H26N2O3S/c1-3-4-11-22-24-15-19(13-18(23(26)27)14-20-9-7-12-29-20)25(22)16-17-8-5-6-10-21(17)28-2/h5-10,12-13,15H,3-4,11,14,16H2,1-2H3,(H,26,27)/b18-13+. The summed E-state index contributed by atoms with van der Waals surface area (Å²) in [6, 6.07) is 11.8. The van der Waals surface area contributed by atoms with Crippen molar-refractivity contribution in [1.29, 1.82) is 0 Å². The maximum atomic E-state index is 11.9. The third kappa shape index (κ3) is 5.35. The molecule has 0 saturated heterocycles. The average Bonchev–Trinajstić information content (AvgIpc) is 3.37. The van der Waals surface area contributed by atoms with Crippen LogP contribution in [0.2, 0.25) is 0 Å². The fourth-order valence-corrected chi connectivity index (χ4v) is 3.96. The second-order valence-electron chi connectivity index (χ2n) is 6.83. The normalized spacial score (nSPS) is 11.6. The number of ether oxygens (including phenoxy) is 1. The van der Waals surface area contributed by atoms with Crippen molar-refractivity contribution in [1.82, 2.24) is 9.55 Å². The number of unbranched alkanes of at least 4 members (excludes halogenated alkanes) is 1. The lowest BCUT2D eigenvalue weighted by atomic mass is 10.1. The van der Waals surface area contributed by atoms with Crippen molar-refractivity contribution in [3.05, 3.63) is 75.5 Å². The zero-order valence-electron chi connectivity index (χ0n) is 16.8. The molecule has 0 spiro atoms. The molecular weight excluding hydrogens is 384 g/mol. The first-order valence-corrected chi connectivity index (χ1v) is 10.6. The molecule has 0 amide bonds. The first-order valence-electron chi connectivity index (χ1n) is 9.75. The van der Waals surface area contributed by atoms with Crippen LogP contribution in [0.1, 0.15) is 41.7 Å². The molecule has 0 unspecified atom stereocenters. The Morgan fingerprint density at radius 1 is 1.28 bits per heavy atom. The lowest BCUT2D eigenvalue weighted by Gasteiger charge is -2.14. The number of carboxylic acids is 1. The molecule has 0 atom stereocenters. The van der Waals surface area contributed by atoms with Crippen LogP contribution in [0.3, 0.4) is 0 Å². The number of hydrogen-bond donors (Lipinski definition) is 1. The molecule has 0 radical (unpaired) electrons. The molecule has 3 aromatic rings. The van der Waals surface area contributed by atoms with Gasteiger partial charge in [-0.3, -0.25) is 0 Å². The average molecular weight is 411 g/mol. The highest BCUT2D eigenvalue weighted by molar-refractivity contribution is 7.09. The summed E-state index contributed by atoms with van der Waals surface area (Å²) in [4.78, 5) is 17.5. The van der Waals surface area contributed by atoms with Crippen LogP contribution in [0, 0.1) is 0 Å². The van der Waals surface area contributed by atoms with Crippen LogP contribution < -0.4 is 4.74 Å². The monoisotopic (exact) mass is 410 g/mol.